The Morgan fingerprint density at radius 1 is 1.09 bits per heavy atom. The minimum atomic E-state index is -1.08. The first-order chi connectivity index (χ1) is 10.3. The van der Waals surface area contributed by atoms with Gasteiger partial charge in [0.15, 0.2) is 0 Å². The van der Waals surface area contributed by atoms with Gasteiger partial charge in [0.1, 0.15) is 5.41 Å². The predicted octanol–water partition coefficient (Wildman–Crippen LogP) is 3.33. The molecule has 0 radical (unpaired) electrons. The van der Waals surface area contributed by atoms with Crippen LogP contribution in [0.2, 0.25) is 0 Å². The third-order valence-corrected chi connectivity index (χ3v) is 4.68. The molecule has 0 bridgehead atoms. The van der Waals surface area contributed by atoms with Crippen LogP contribution in [0.4, 0.5) is 5.69 Å². The lowest BCUT2D eigenvalue weighted by molar-refractivity contribution is -0.138. The van der Waals surface area contributed by atoms with E-state index >= 15 is 0 Å². The summed E-state index contributed by atoms with van der Waals surface area (Å²) >= 11 is 0. The summed E-state index contributed by atoms with van der Waals surface area (Å²) < 4.78 is 0. The highest BCUT2D eigenvalue weighted by molar-refractivity contribution is 6.10. The normalized spacial score (nSPS) is 15.6. The highest BCUT2D eigenvalue weighted by Crippen LogP contribution is 2.24. The molecule has 0 saturated heterocycles. The van der Waals surface area contributed by atoms with Gasteiger partial charge in [-0.2, -0.15) is 0 Å². The number of rotatable bonds is 4. The second-order valence-corrected chi connectivity index (χ2v) is 6.78. The van der Waals surface area contributed by atoms with Crippen LogP contribution in [0.3, 0.4) is 0 Å². The summed E-state index contributed by atoms with van der Waals surface area (Å²) in [5.41, 5.74) is 1.83. The van der Waals surface area contributed by atoms with Crippen molar-refractivity contribution in [3.63, 3.8) is 0 Å². The molecule has 2 rings (SSSR count). The van der Waals surface area contributed by atoms with Crippen molar-refractivity contribution in [1.29, 1.82) is 0 Å². The Balaban J connectivity index is 2.05. The Hall–Kier alpha value is -1.84. The van der Waals surface area contributed by atoms with Crippen LogP contribution in [0.15, 0.2) is 18.2 Å². The van der Waals surface area contributed by atoms with E-state index in [4.69, 9.17) is 0 Å². The summed E-state index contributed by atoms with van der Waals surface area (Å²) in [6.07, 6.45) is 4.33. The van der Waals surface area contributed by atoms with Crippen LogP contribution in [0.1, 0.15) is 50.7 Å². The van der Waals surface area contributed by atoms with Gasteiger partial charge in [0.2, 0.25) is 11.8 Å². The zero-order valence-electron chi connectivity index (χ0n) is 14.0. The van der Waals surface area contributed by atoms with Gasteiger partial charge in [-0.15, -0.1) is 0 Å². The van der Waals surface area contributed by atoms with Gasteiger partial charge in [-0.3, -0.25) is 9.59 Å². The Bertz CT molecular complexity index is 572. The molecular weight excluding hydrogens is 276 g/mol. The summed E-state index contributed by atoms with van der Waals surface area (Å²) in [6.45, 7) is 7.33. The average molecular weight is 302 g/mol. The summed E-state index contributed by atoms with van der Waals surface area (Å²) in [6, 6.07) is 6.00. The molecule has 1 saturated carbocycles. The molecule has 22 heavy (non-hydrogen) atoms. The molecular formula is C18H26N2O2. The lowest BCUT2D eigenvalue weighted by Gasteiger charge is -2.25. The van der Waals surface area contributed by atoms with Crippen molar-refractivity contribution >= 4 is 17.5 Å². The van der Waals surface area contributed by atoms with Gasteiger partial charge in [0.05, 0.1) is 0 Å². The van der Waals surface area contributed by atoms with E-state index in [2.05, 4.69) is 10.6 Å². The molecule has 4 nitrogen and oxygen atoms in total. The quantitative estimate of drug-likeness (QED) is 0.838. The van der Waals surface area contributed by atoms with Crippen LogP contribution in [0, 0.1) is 19.3 Å². The molecule has 4 heteroatoms. The summed E-state index contributed by atoms with van der Waals surface area (Å²) in [5.74, 6) is -0.459. The van der Waals surface area contributed by atoms with Crippen LogP contribution < -0.4 is 10.6 Å². The van der Waals surface area contributed by atoms with E-state index in [1.807, 2.05) is 32.0 Å². The number of carbonyl (C=O) groups is 2. The first kappa shape index (κ1) is 16.5. The number of anilines is 1. The monoisotopic (exact) mass is 302 g/mol. The van der Waals surface area contributed by atoms with E-state index in [0.717, 1.165) is 42.5 Å². The number of hydrogen-bond donors (Lipinski definition) is 2. The maximum Gasteiger partial charge on any atom is 0.239 e. The van der Waals surface area contributed by atoms with E-state index in [1.54, 1.807) is 13.8 Å². The van der Waals surface area contributed by atoms with Crippen molar-refractivity contribution in [1.82, 2.24) is 5.32 Å². The van der Waals surface area contributed by atoms with Gasteiger partial charge >= 0.3 is 0 Å². The fourth-order valence-electron chi connectivity index (χ4n) is 2.70. The molecule has 0 aliphatic heterocycles. The SMILES string of the molecule is Cc1cccc(NC(=O)C(C)(C)C(=O)NC2CCCC2)c1C. The predicted molar refractivity (Wildman–Crippen MR) is 88.7 cm³/mol. The van der Waals surface area contributed by atoms with E-state index in [1.165, 1.54) is 0 Å². The van der Waals surface area contributed by atoms with E-state index in [0.29, 0.717) is 0 Å². The van der Waals surface area contributed by atoms with Gasteiger partial charge in [0, 0.05) is 11.7 Å². The molecule has 1 aliphatic carbocycles. The van der Waals surface area contributed by atoms with Gasteiger partial charge in [-0.05, 0) is 57.7 Å². The zero-order chi connectivity index (χ0) is 16.3. The number of nitrogens with one attached hydrogen (secondary N) is 2. The van der Waals surface area contributed by atoms with Gasteiger partial charge in [-0.25, -0.2) is 0 Å². The van der Waals surface area contributed by atoms with Crippen LogP contribution in [-0.4, -0.2) is 17.9 Å². The fourth-order valence-corrected chi connectivity index (χ4v) is 2.70. The van der Waals surface area contributed by atoms with E-state index in [-0.39, 0.29) is 17.9 Å². The van der Waals surface area contributed by atoms with Crippen LogP contribution >= 0.6 is 0 Å². The number of benzene rings is 1. The highest BCUT2D eigenvalue weighted by atomic mass is 16.2. The van der Waals surface area contributed by atoms with Crippen molar-refractivity contribution < 1.29 is 9.59 Å². The van der Waals surface area contributed by atoms with Crippen molar-refractivity contribution in [2.75, 3.05) is 5.32 Å². The van der Waals surface area contributed by atoms with Crippen LogP contribution in [-0.2, 0) is 9.59 Å². The lowest BCUT2D eigenvalue weighted by Crippen LogP contribution is -2.48. The van der Waals surface area contributed by atoms with Gasteiger partial charge < -0.3 is 10.6 Å². The first-order valence-corrected chi connectivity index (χ1v) is 8.01. The largest absolute Gasteiger partial charge is 0.352 e. The number of amides is 2. The second-order valence-electron chi connectivity index (χ2n) is 6.78. The minimum absolute atomic E-state index is 0.192. The Labute approximate surface area is 132 Å². The molecule has 120 valence electrons. The maximum atomic E-state index is 12.5. The lowest BCUT2D eigenvalue weighted by atomic mass is 9.90. The second kappa shape index (κ2) is 6.51. The molecule has 1 aliphatic rings. The fraction of sp³-hybridized carbons (Fsp3) is 0.556. The molecule has 1 aromatic carbocycles. The van der Waals surface area contributed by atoms with Crippen molar-refractivity contribution in [2.24, 2.45) is 5.41 Å². The summed E-state index contributed by atoms with van der Waals surface area (Å²) in [4.78, 5) is 25.0. The topological polar surface area (TPSA) is 58.2 Å². The average Bonchev–Trinajstić information content (AvgIpc) is 2.96. The standard InChI is InChI=1S/C18H26N2O2/c1-12-8-7-11-15(13(12)2)20-17(22)18(3,4)16(21)19-14-9-5-6-10-14/h7-8,11,14H,5-6,9-10H2,1-4H3,(H,19,21)(H,20,22). The van der Waals surface area contributed by atoms with Crippen molar-refractivity contribution in [3.8, 4) is 0 Å². The number of hydrogen-bond acceptors (Lipinski definition) is 2. The van der Waals surface area contributed by atoms with E-state index < -0.39 is 5.41 Å². The summed E-state index contributed by atoms with van der Waals surface area (Å²) in [7, 11) is 0. The first-order valence-electron chi connectivity index (χ1n) is 8.01. The molecule has 2 N–H and O–H groups in total. The van der Waals surface area contributed by atoms with E-state index in [9.17, 15) is 9.59 Å². The zero-order valence-corrected chi connectivity index (χ0v) is 14.0. The Kier molecular flexibility index (Phi) is 4.89. The van der Waals surface area contributed by atoms with Crippen molar-refractivity contribution in [2.45, 2.75) is 59.4 Å². The van der Waals surface area contributed by atoms with Gasteiger partial charge in [0.25, 0.3) is 0 Å². The Morgan fingerprint density at radius 3 is 2.36 bits per heavy atom. The molecule has 0 aromatic heterocycles. The molecule has 1 aromatic rings. The molecule has 0 heterocycles. The maximum absolute atomic E-state index is 12.5. The smallest absolute Gasteiger partial charge is 0.239 e. The van der Waals surface area contributed by atoms with Crippen LogP contribution in [0.5, 0.6) is 0 Å². The molecule has 1 fully saturated rings. The molecule has 0 spiro atoms. The highest BCUT2D eigenvalue weighted by Gasteiger charge is 2.37. The molecule has 2 amide bonds. The van der Waals surface area contributed by atoms with Crippen molar-refractivity contribution in [3.05, 3.63) is 29.3 Å². The molecule has 0 unspecified atom stereocenters. The summed E-state index contributed by atoms with van der Waals surface area (Å²) in [5, 5.41) is 5.91. The number of aryl methyl sites for hydroxylation is 1. The third-order valence-electron chi connectivity index (χ3n) is 4.68. The molecule has 0 atom stereocenters. The van der Waals surface area contributed by atoms with Crippen LogP contribution in [0.25, 0.3) is 0 Å². The third kappa shape index (κ3) is 3.49. The number of carbonyl (C=O) groups excluding carboxylic acids is 2. The Morgan fingerprint density at radius 2 is 1.73 bits per heavy atom. The van der Waals surface area contributed by atoms with Gasteiger partial charge in [-0.1, -0.05) is 25.0 Å². The minimum Gasteiger partial charge on any atom is -0.352 e.